The number of nitrogens with one attached hydrogen (secondary N) is 1. The SMILES string of the molecule is COC(=O)c1ccc(OCCOc2cccc(C=NNc3ccccc3)c2)cc1. The van der Waals surface area contributed by atoms with Gasteiger partial charge in [-0.1, -0.05) is 30.3 Å². The van der Waals surface area contributed by atoms with Crippen molar-refractivity contribution in [3.8, 4) is 11.5 Å². The van der Waals surface area contributed by atoms with E-state index in [1.54, 1.807) is 30.5 Å². The molecule has 0 aliphatic carbocycles. The van der Waals surface area contributed by atoms with Crippen molar-refractivity contribution in [3.63, 3.8) is 0 Å². The van der Waals surface area contributed by atoms with Gasteiger partial charge in [-0.25, -0.2) is 4.79 Å². The highest BCUT2D eigenvalue weighted by Gasteiger charge is 2.04. The Morgan fingerprint density at radius 3 is 2.34 bits per heavy atom. The lowest BCUT2D eigenvalue weighted by Gasteiger charge is -2.09. The molecule has 0 heterocycles. The van der Waals surface area contributed by atoms with Crippen molar-refractivity contribution in [1.82, 2.24) is 0 Å². The van der Waals surface area contributed by atoms with Gasteiger partial charge in [0.1, 0.15) is 24.7 Å². The molecule has 1 N–H and O–H groups in total. The largest absolute Gasteiger partial charge is 0.490 e. The van der Waals surface area contributed by atoms with Crippen LogP contribution < -0.4 is 14.9 Å². The number of hydrazone groups is 1. The van der Waals surface area contributed by atoms with Crippen molar-refractivity contribution in [2.75, 3.05) is 25.7 Å². The van der Waals surface area contributed by atoms with E-state index in [9.17, 15) is 4.79 Å². The highest BCUT2D eigenvalue weighted by atomic mass is 16.5. The summed E-state index contributed by atoms with van der Waals surface area (Å²) in [5.41, 5.74) is 5.31. The van der Waals surface area contributed by atoms with Crippen molar-refractivity contribution < 1.29 is 19.0 Å². The maximum absolute atomic E-state index is 11.4. The zero-order valence-electron chi connectivity index (χ0n) is 16.1. The lowest BCUT2D eigenvalue weighted by molar-refractivity contribution is 0.0600. The Morgan fingerprint density at radius 2 is 1.62 bits per heavy atom. The van der Waals surface area contributed by atoms with E-state index in [4.69, 9.17) is 9.47 Å². The maximum Gasteiger partial charge on any atom is 0.337 e. The van der Waals surface area contributed by atoms with Gasteiger partial charge < -0.3 is 14.2 Å². The van der Waals surface area contributed by atoms with E-state index < -0.39 is 0 Å². The normalized spacial score (nSPS) is 10.5. The van der Waals surface area contributed by atoms with Crippen LogP contribution >= 0.6 is 0 Å². The molecule has 0 aliphatic rings. The van der Waals surface area contributed by atoms with Gasteiger partial charge in [0.15, 0.2) is 0 Å². The second-order valence-electron chi connectivity index (χ2n) is 6.02. The fourth-order valence-electron chi connectivity index (χ4n) is 2.50. The fourth-order valence-corrected chi connectivity index (χ4v) is 2.50. The standard InChI is InChI=1S/C23H22N2O4/c1-27-23(26)19-10-12-21(13-11-19)28-14-15-29-22-9-5-6-18(16-22)17-24-25-20-7-3-2-4-8-20/h2-13,16-17,25H,14-15H2,1H3. The molecule has 0 fully saturated rings. The number of benzene rings is 3. The van der Waals surface area contributed by atoms with Crippen molar-refractivity contribution in [1.29, 1.82) is 0 Å². The van der Waals surface area contributed by atoms with Crippen LogP contribution in [0.4, 0.5) is 5.69 Å². The predicted octanol–water partition coefficient (Wildman–Crippen LogP) is 4.38. The molecule has 3 aromatic carbocycles. The van der Waals surface area contributed by atoms with Gasteiger partial charge in [-0.2, -0.15) is 5.10 Å². The van der Waals surface area contributed by atoms with Crippen LogP contribution in [0.5, 0.6) is 11.5 Å². The molecule has 0 atom stereocenters. The first-order valence-electron chi connectivity index (χ1n) is 9.13. The monoisotopic (exact) mass is 390 g/mol. The lowest BCUT2D eigenvalue weighted by Crippen LogP contribution is -2.09. The van der Waals surface area contributed by atoms with Gasteiger partial charge in [0.25, 0.3) is 0 Å². The number of para-hydroxylation sites is 1. The molecule has 6 heteroatoms. The minimum atomic E-state index is -0.373. The van der Waals surface area contributed by atoms with Crippen LogP contribution in [-0.2, 0) is 4.74 Å². The molecule has 6 nitrogen and oxygen atoms in total. The first-order chi connectivity index (χ1) is 14.2. The first-order valence-corrected chi connectivity index (χ1v) is 9.13. The van der Waals surface area contributed by atoms with E-state index in [1.807, 2.05) is 54.6 Å². The van der Waals surface area contributed by atoms with Crippen LogP contribution in [0.3, 0.4) is 0 Å². The van der Waals surface area contributed by atoms with Gasteiger partial charge in [0.2, 0.25) is 0 Å². The smallest absolute Gasteiger partial charge is 0.337 e. The van der Waals surface area contributed by atoms with Gasteiger partial charge >= 0.3 is 5.97 Å². The van der Waals surface area contributed by atoms with E-state index in [0.717, 1.165) is 17.0 Å². The van der Waals surface area contributed by atoms with E-state index in [1.165, 1.54) is 7.11 Å². The second kappa shape index (κ2) is 10.5. The van der Waals surface area contributed by atoms with Crippen LogP contribution in [-0.4, -0.2) is 32.5 Å². The molecule has 3 rings (SSSR count). The minimum Gasteiger partial charge on any atom is -0.490 e. The van der Waals surface area contributed by atoms with Crippen molar-refractivity contribution in [2.45, 2.75) is 0 Å². The summed E-state index contributed by atoms with van der Waals surface area (Å²) in [5.74, 6) is 1.02. The third kappa shape index (κ3) is 6.39. The zero-order valence-corrected chi connectivity index (χ0v) is 16.1. The number of esters is 1. The van der Waals surface area contributed by atoms with Crippen molar-refractivity contribution >= 4 is 17.9 Å². The molecule has 0 aromatic heterocycles. The quantitative estimate of drug-likeness (QED) is 0.254. The number of hydrogen-bond donors (Lipinski definition) is 1. The van der Waals surface area contributed by atoms with Gasteiger partial charge in [-0.3, -0.25) is 5.43 Å². The molecular formula is C23H22N2O4. The van der Waals surface area contributed by atoms with Crippen LogP contribution in [0.2, 0.25) is 0 Å². The summed E-state index contributed by atoms with van der Waals surface area (Å²) in [4.78, 5) is 11.4. The Labute approximate surface area is 169 Å². The maximum atomic E-state index is 11.4. The van der Waals surface area contributed by atoms with E-state index in [0.29, 0.717) is 24.5 Å². The van der Waals surface area contributed by atoms with E-state index >= 15 is 0 Å². The number of carbonyl (C=O) groups excluding carboxylic acids is 1. The summed E-state index contributed by atoms with van der Waals surface area (Å²) >= 11 is 0. The number of hydrogen-bond acceptors (Lipinski definition) is 6. The molecule has 148 valence electrons. The molecule has 0 unspecified atom stereocenters. The third-order valence-electron chi connectivity index (χ3n) is 3.94. The number of ether oxygens (including phenoxy) is 3. The molecule has 29 heavy (non-hydrogen) atoms. The molecule has 0 radical (unpaired) electrons. The molecule has 3 aromatic rings. The Hall–Kier alpha value is -3.80. The zero-order chi connectivity index (χ0) is 20.3. The van der Waals surface area contributed by atoms with Crippen molar-refractivity contribution in [3.05, 3.63) is 90.0 Å². The average molecular weight is 390 g/mol. The molecular weight excluding hydrogens is 368 g/mol. The topological polar surface area (TPSA) is 69.2 Å². The van der Waals surface area contributed by atoms with Crippen molar-refractivity contribution in [2.24, 2.45) is 5.10 Å². The molecule has 0 amide bonds. The number of nitrogens with zero attached hydrogens (tertiary/aromatic N) is 1. The molecule has 0 aliphatic heterocycles. The summed E-state index contributed by atoms with van der Waals surface area (Å²) in [6, 6.07) is 24.2. The summed E-state index contributed by atoms with van der Waals surface area (Å²) in [6.07, 6.45) is 1.74. The average Bonchev–Trinajstić information content (AvgIpc) is 2.78. The van der Waals surface area contributed by atoms with Crippen LogP contribution in [0, 0.1) is 0 Å². The summed E-state index contributed by atoms with van der Waals surface area (Å²) in [7, 11) is 1.35. The van der Waals surface area contributed by atoms with Crippen LogP contribution in [0.1, 0.15) is 15.9 Å². The number of rotatable bonds is 9. The molecule has 0 spiro atoms. The molecule has 0 bridgehead atoms. The number of anilines is 1. The summed E-state index contributed by atoms with van der Waals surface area (Å²) in [6.45, 7) is 0.771. The Kier molecular flexibility index (Phi) is 7.23. The highest BCUT2D eigenvalue weighted by Crippen LogP contribution is 2.14. The Morgan fingerprint density at radius 1 is 0.897 bits per heavy atom. The molecule has 0 saturated carbocycles. The van der Waals surface area contributed by atoms with Gasteiger partial charge in [0, 0.05) is 0 Å². The van der Waals surface area contributed by atoms with E-state index in [-0.39, 0.29) is 5.97 Å². The van der Waals surface area contributed by atoms with Gasteiger partial charge in [-0.15, -0.1) is 0 Å². The summed E-state index contributed by atoms with van der Waals surface area (Å²) in [5, 5.41) is 4.23. The summed E-state index contributed by atoms with van der Waals surface area (Å²) < 4.78 is 16.0. The third-order valence-corrected chi connectivity index (χ3v) is 3.94. The van der Waals surface area contributed by atoms with E-state index in [2.05, 4.69) is 15.3 Å². The first kappa shape index (κ1) is 19.9. The second-order valence-corrected chi connectivity index (χ2v) is 6.02. The highest BCUT2D eigenvalue weighted by molar-refractivity contribution is 5.89. The van der Waals surface area contributed by atoms with Crippen LogP contribution in [0.25, 0.3) is 0 Å². The Bertz CT molecular complexity index is 941. The van der Waals surface area contributed by atoms with Gasteiger partial charge in [-0.05, 0) is 54.1 Å². The number of methoxy groups -OCH3 is 1. The van der Waals surface area contributed by atoms with Crippen LogP contribution in [0.15, 0.2) is 84.0 Å². The molecule has 0 saturated heterocycles. The predicted molar refractivity (Wildman–Crippen MR) is 113 cm³/mol. The lowest BCUT2D eigenvalue weighted by atomic mass is 10.2. The minimum absolute atomic E-state index is 0.373. The Balaban J connectivity index is 1.44. The van der Waals surface area contributed by atoms with Gasteiger partial charge in [0.05, 0.1) is 24.6 Å². The fraction of sp³-hybridized carbons (Fsp3) is 0.130. The number of carbonyl (C=O) groups is 1.